The van der Waals surface area contributed by atoms with E-state index in [4.69, 9.17) is 4.74 Å². The number of nitrogens with zero attached hydrogens (tertiary/aromatic N) is 1. The lowest BCUT2D eigenvalue weighted by Gasteiger charge is -2.35. The molecule has 0 radical (unpaired) electrons. The molecule has 1 heterocycles. The minimum Gasteiger partial charge on any atom is -0.496 e. The predicted molar refractivity (Wildman–Crippen MR) is 84.7 cm³/mol. The minimum atomic E-state index is -4.83. The van der Waals surface area contributed by atoms with Gasteiger partial charge in [0.25, 0.3) is 0 Å². The molecule has 0 unspecified atom stereocenters. The van der Waals surface area contributed by atoms with Crippen LogP contribution in [0.5, 0.6) is 11.5 Å². The number of benzene rings is 1. The summed E-state index contributed by atoms with van der Waals surface area (Å²) in [6.45, 7) is 2.47. The van der Waals surface area contributed by atoms with Crippen LogP contribution in [0.4, 0.5) is 22.0 Å². The zero-order valence-corrected chi connectivity index (χ0v) is 14.3. The van der Waals surface area contributed by atoms with Gasteiger partial charge in [-0.2, -0.15) is 0 Å². The van der Waals surface area contributed by atoms with Crippen LogP contribution >= 0.6 is 12.4 Å². The molecule has 0 saturated carbocycles. The Morgan fingerprint density at radius 1 is 1.20 bits per heavy atom. The van der Waals surface area contributed by atoms with Crippen LogP contribution in [0.25, 0.3) is 0 Å². The second-order valence-electron chi connectivity index (χ2n) is 5.38. The number of nitrogens with one attached hydrogen (secondary N) is 1. The second kappa shape index (κ2) is 9.40. The zero-order chi connectivity index (χ0) is 17.7. The van der Waals surface area contributed by atoms with Crippen LogP contribution < -0.4 is 14.8 Å². The fourth-order valence-corrected chi connectivity index (χ4v) is 2.80. The van der Waals surface area contributed by atoms with Crippen molar-refractivity contribution in [2.75, 3.05) is 33.3 Å². The van der Waals surface area contributed by atoms with E-state index in [-0.39, 0.29) is 18.2 Å². The van der Waals surface area contributed by atoms with Crippen molar-refractivity contribution in [1.29, 1.82) is 0 Å². The third-order valence-corrected chi connectivity index (χ3v) is 3.79. The minimum absolute atomic E-state index is 0. The first-order valence-electron chi connectivity index (χ1n) is 7.46. The van der Waals surface area contributed by atoms with Gasteiger partial charge in [-0.15, -0.1) is 25.6 Å². The van der Waals surface area contributed by atoms with E-state index in [0.29, 0.717) is 31.7 Å². The van der Waals surface area contributed by atoms with Crippen molar-refractivity contribution in [3.63, 3.8) is 0 Å². The third kappa shape index (κ3) is 6.48. The maximum Gasteiger partial charge on any atom is 0.573 e. The molecule has 2 rings (SSSR count). The highest BCUT2D eigenvalue weighted by Gasteiger charge is 2.32. The summed E-state index contributed by atoms with van der Waals surface area (Å²) in [6, 6.07) is 2.91. The quantitative estimate of drug-likeness (QED) is 0.752. The molecule has 1 aromatic carbocycles. The number of ether oxygens (including phenoxy) is 2. The van der Waals surface area contributed by atoms with Crippen molar-refractivity contribution in [1.82, 2.24) is 10.2 Å². The summed E-state index contributed by atoms with van der Waals surface area (Å²) in [5.41, 5.74) is 0.425. The lowest BCUT2D eigenvalue weighted by atomic mass is 10.00. The molecule has 1 aliphatic rings. The van der Waals surface area contributed by atoms with Crippen LogP contribution in [0.2, 0.25) is 0 Å². The monoisotopic (exact) mass is 390 g/mol. The average molecular weight is 391 g/mol. The summed E-state index contributed by atoms with van der Waals surface area (Å²) >= 11 is 0. The molecule has 1 fully saturated rings. The number of methoxy groups -OCH3 is 1. The Balaban J connectivity index is 0.00000312. The standard InChI is InChI=1S/C15H19F5N2O2.ClH/c1-23-13-8-10(24-15(18,19)20)2-3-11(13)12(9-14(16)17)22-6-4-21-5-7-22;/h2-3,8,12,14,21H,4-7,9H2,1H3;1H/t12-;/m1./s1. The second-order valence-corrected chi connectivity index (χ2v) is 5.38. The molecule has 10 heteroatoms. The van der Waals surface area contributed by atoms with E-state index in [9.17, 15) is 22.0 Å². The Labute approximate surface area is 148 Å². The molecular formula is C15H20ClF5N2O2. The van der Waals surface area contributed by atoms with Crippen molar-refractivity contribution in [2.45, 2.75) is 25.3 Å². The molecule has 1 aromatic rings. The van der Waals surface area contributed by atoms with Gasteiger partial charge in [-0.1, -0.05) is 6.07 Å². The summed E-state index contributed by atoms with van der Waals surface area (Å²) < 4.78 is 72.0. The van der Waals surface area contributed by atoms with Crippen molar-refractivity contribution >= 4 is 12.4 Å². The molecule has 0 bridgehead atoms. The van der Waals surface area contributed by atoms with E-state index >= 15 is 0 Å². The highest BCUT2D eigenvalue weighted by atomic mass is 35.5. The SMILES string of the molecule is COc1cc(OC(F)(F)F)ccc1[C@@H](CC(F)F)N1CCNCC1.Cl. The molecule has 0 aliphatic carbocycles. The fourth-order valence-electron chi connectivity index (χ4n) is 2.80. The van der Waals surface area contributed by atoms with Crippen LogP contribution in [0, 0.1) is 0 Å². The Morgan fingerprint density at radius 3 is 2.36 bits per heavy atom. The van der Waals surface area contributed by atoms with Crippen LogP contribution in [0.15, 0.2) is 18.2 Å². The van der Waals surface area contributed by atoms with Crippen molar-refractivity contribution in [2.24, 2.45) is 0 Å². The maximum absolute atomic E-state index is 13.0. The van der Waals surface area contributed by atoms with E-state index in [1.54, 1.807) is 0 Å². The van der Waals surface area contributed by atoms with Gasteiger partial charge in [-0.25, -0.2) is 8.78 Å². The first-order valence-corrected chi connectivity index (χ1v) is 7.46. The zero-order valence-electron chi connectivity index (χ0n) is 13.5. The first-order chi connectivity index (χ1) is 11.3. The maximum atomic E-state index is 13.0. The van der Waals surface area contributed by atoms with Crippen LogP contribution in [0.1, 0.15) is 18.0 Å². The van der Waals surface area contributed by atoms with Crippen molar-refractivity contribution in [3.05, 3.63) is 23.8 Å². The Hall–Kier alpha value is -1.32. The fraction of sp³-hybridized carbons (Fsp3) is 0.600. The average Bonchev–Trinajstić information content (AvgIpc) is 2.52. The van der Waals surface area contributed by atoms with Gasteiger partial charge >= 0.3 is 6.36 Å². The molecule has 4 nitrogen and oxygen atoms in total. The predicted octanol–water partition coefficient (Wildman–Crippen LogP) is 3.62. The van der Waals surface area contributed by atoms with Gasteiger partial charge in [-0.3, -0.25) is 4.90 Å². The van der Waals surface area contributed by atoms with Crippen molar-refractivity contribution < 1.29 is 31.4 Å². The van der Waals surface area contributed by atoms with Crippen LogP contribution in [0.3, 0.4) is 0 Å². The number of rotatable bonds is 6. The van der Waals surface area contributed by atoms with E-state index in [1.807, 2.05) is 4.90 Å². The molecule has 1 aliphatic heterocycles. The molecule has 25 heavy (non-hydrogen) atoms. The number of alkyl halides is 5. The van der Waals surface area contributed by atoms with Crippen LogP contribution in [-0.4, -0.2) is 51.0 Å². The number of hydrogen-bond donors (Lipinski definition) is 1. The topological polar surface area (TPSA) is 33.7 Å². The summed E-state index contributed by atoms with van der Waals surface area (Å²) in [5, 5.41) is 3.13. The Morgan fingerprint density at radius 2 is 1.84 bits per heavy atom. The number of halogens is 6. The molecule has 1 saturated heterocycles. The summed E-state index contributed by atoms with van der Waals surface area (Å²) in [4.78, 5) is 1.88. The Kier molecular flexibility index (Phi) is 8.17. The third-order valence-electron chi connectivity index (χ3n) is 3.79. The van der Waals surface area contributed by atoms with E-state index in [1.165, 1.54) is 13.2 Å². The largest absolute Gasteiger partial charge is 0.573 e. The summed E-state index contributed by atoms with van der Waals surface area (Å²) in [6.07, 6.45) is -7.79. The van der Waals surface area contributed by atoms with E-state index in [0.717, 1.165) is 12.1 Å². The highest BCUT2D eigenvalue weighted by molar-refractivity contribution is 5.85. The molecule has 0 spiro atoms. The number of piperazine rings is 1. The lowest BCUT2D eigenvalue weighted by Crippen LogP contribution is -2.45. The Bertz CT molecular complexity index is 539. The van der Waals surface area contributed by atoms with Gasteiger partial charge in [0, 0.05) is 50.3 Å². The van der Waals surface area contributed by atoms with Gasteiger partial charge < -0.3 is 14.8 Å². The van der Waals surface area contributed by atoms with Crippen LogP contribution in [-0.2, 0) is 0 Å². The first kappa shape index (κ1) is 21.7. The molecule has 0 aromatic heterocycles. The van der Waals surface area contributed by atoms with Gasteiger partial charge in [0.2, 0.25) is 6.43 Å². The lowest BCUT2D eigenvalue weighted by molar-refractivity contribution is -0.274. The molecular weight excluding hydrogens is 371 g/mol. The smallest absolute Gasteiger partial charge is 0.496 e. The van der Waals surface area contributed by atoms with Gasteiger partial charge in [0.1, 0.15) is 11.5 Å². The summed E-state index contributed by atoms with van der Waals surface area (Å²) in [7, 11) is 1.29. The van der Waals surface area contributed by atoms with E-state index < -0.39 is 31.0 Å². The van der Waals surface area contributed by atoms with Gasteiger partial charge in [-0.05, 0) is 6.07 Å². The van der Waals surface area contributed by atoms with Crippen molar-refractivity contribution in [3.8, 4) is 11.5 Å². The summed E-state index contributed by atoms with van der Waals surface area (Å²) in [5.74, 6) is -0.347. The van der Waals surface area contributed by atoms with Gasteiger partial charge in [0.15, 0.2) is 0 Å². The number of hydrogen-bond acceptors (Lipinski definition) is 4. The molecule has 144 valence electrons. The normalized spacial score (nSPS) is 17.1. The highest BCUT2D eigenvalue weighted by Crippen LogP contribution is 2.37. The molecule has 0 amide bonds. The molecule has 1 N–H and O–H groups in total. The van der Waals surface area contributed by atoms with Gasteiger partial charge in [0.05, 0.1) is 7.11 Å². The molecule has 1 atom stereocenters. The van der Waals surface area contributed by atoms with E-state index in [2.05, 4.69) is 10.1 Å².